The number of carbonyl (C=O) groups excluding carboxylic acids is 1. The molecule has 1 rings (SSSR count). The maximum Gasteiger partial charge on any atom is 0.185 e. The minimum Gasteiger partial charge on any atom is -0.332 e. The summed E-state index contributed by atoms with van der Waals surface area (Å²) in [5.41, 5.74) is 0.964. The molecule has 0 saturated heterocycles. The fourth-order valence-corrected chi connectivity index (χ4v) is 0.952. The summed E-state index contributed by atoms with van der Waals surface area (Å²) in [6.07, 6.45) is 2.67. The third-order valence-electron chi connectivity index (χ3n) is 1.79. The molecule has 66 valence electrons. The number of hydrogen-bond donors (Lipinski definition) is 0. The Hall–Kier alpha value is -1.12. The smallest absolute Gasteiger partial charge is 0.185 e. The van der Waals surface area contributed by atoms with E-state index in [0.29, 0.717) is 5.82 Å². The molecule has 0 N–H and O–H groups in total. The van der Waals surface area contributed by atoms with Crippen molar-refractivity contribution in [2.45, 2.75) is 26.2 Å². The van der Waals surface area contributed by atoms with E-state index in [9.17, 15) is 4.79 Å². The Morgan fingerprint density at radius 1 is 1.50 bits per heavy atom. The van der Waals surface area contributed by atoms with Gasteiger partial charge in [-0.3, -0.25) is 4.79 Å². The predicted molar refractivity (Wildman–Crippen MR) is 47.3 cm³/mol. The lowest BCUT2D eigenvalue weighted by molar-refractivity contribution is 0.111. The quantitative estimate of drug-likeness (QED) is 0.593. The van der Waals surface area contributed by atoms with E-state index in [1.54, 1.807) is 4.57 Å². The molecule has 0 aliphatic rings. The minimum atomic E-state index is 0.0129. The van der Waals surface area contributed by atoms with Crippen LogP contribution in [0.1, 0.15) is 37.1 Å². The second-order valence-corrected chi connectivity index (χ2v) is 3.96. The van der Waals surface area contributed by atoms with Crippen molar-refractivity contribution in [3.8, 4) is 0 Å². The second kappa shape index (κ2) is 2.73. The summed E-state index contributed by atoms with van der Waals surface area (Å²) in [6.45, 7) is 6.22. The largest absolute Gasteiger partial charge is 0.332 e. The third kappa shape index (κ3) is 1.55. The minimum absolute atomic E-state index is 0.0129. The zero-order valence-corrected chi connectivity index (χ0v) is 7.96. The van der Waals surface area contributed by atoms with Gasteiger partial charge in [0.1, 0.15) is 0 Å². The maximum atomic E-state index is 10.5. The second-order valence-electron chi connectivity index (χ2n) is 3.96. The summed E-state index contributed by atoms with van der Waals surface area (Å²) < 4.78 is 1.74. The number of carbonyl (C=O) groups is 1. The van der Waals surface area contributed by atoms with Crippen molar-refractivity contribution in [3.05, 3.63) is 17.7 Å². The van der Waals surface area contributed by atoms with Crippen LogP contribution in [0, 0.1) is 0 Å². The SMILES string of the molecule is Cn1cc(C(C)(C)C)nc1C=O. The standard InChI is InChI=1S/C9H14N2O/c1-9(2,3)7-5-11(4)8(6-12)10-7/h5-6H,1-4H3. The van der Waals surface area contributed by atoms with Crippen molar-refractivity contribution in [2.24, 2.45) is 7.05 Å². The number of hydrogen-bond acceptors (Lipinski definition) is 2. The van der Waals surface area contributed by atoms with Crippen LogP contribution in [0.3, 0.4) is 0 Å². The summed E-state index contributed by atoms with van der Waals surface area (Å²) >= 11 is 0. The van der Waals surface area contributed by atoms with Crippen LogP contribution in [0.2, 0.25) is 0 Å². The molecule has 0 aromatic carbocycles. The molecule has 3 nitrogen and oxygen atoms in total. The van der Waals surface area contributed by atoms with Crippen LogP contribution in [0.4, 0.5) is 0 Å². The Morgan fingerprint density at radius 3 is 2.33 bits per heavy atom. The molecule has 12 heavy (non-hydrogen) atoms. The van der Waals surface area contributed by atoms with Crippen molar-refractivity contribution < 1.29 is 4.79 Å². The summed E-state index contributed by atoms with van der Waals surface area (Å²) in [7, 11) is 1.83. The van der Waals surface area contributed by atoms with E-state index in [0.717, 1.165) is 12.0 Å². The Kier molecular flexibility index (Phi) is 2.04. The zero-order chi connectivity index (χ0) is 9.35. The van der Waals surface area contributed by atoms with E-state index in [1.165, 1.54) is 0 Å². The number of aryl methyl sites for hydroxylation is 1. The topological polar surface area (TPSA) is 34.9 Å². The lowest BCUT2D eigenvalue weighted by Crippen LogP contribution is -2.11. The van der Waals surface area contributed by atoms with E-state index in [2.05, 4.69) is 25.8 Å². The Bertz CT molecular complexity index is 294. The molecular formula is C9H14N2O. The van der Waals surface area contributed by atoms with Gasteiger partial charge in [-0.15, -0.1) is 0 Å². The van der Waals surface area contributed by atoms with E-state index >= 15 is 0 Å². The number of aromatic nitrogens is 2. The monoisotopic (exact) mass is 166 g/mol. The van der Waals surface area contributed by atoms with Crippen LogP contribution in [0.25, 0.3) is 0 Å². The van der Waals surface area contributed by atoms with Gasteiger partial charge in [-0.2, -0.15) is 0 Å². The molecule has 1 aromatic heterocycles. The van der Waals surface area contributed by atoms with Gasteiger partial charge in [0.25, 0.3) is 0 Å². The van der Waals surface area contributed by atoms with Crippen LogP contribution in [0.15, 0.2) is 6.20 Å². The molecule has 0 amide bonds. The molecule has 0 radical (unpaired) electrons. The van der Waals surface area contributed by atoms with Crippen LogP contribution in [-0.4, -0.2) is 15.8 Å². The Labute approximate surface area is 72.4 Å². The first kappa shape index (κ1) is 8.97. The van der Waals surface area contributed by atoms with Crippen LogP contribution >= 0.6 is 0 Å². The highest BCUT2D eigenvalue weighted by Gasteiger charge is 2.18. The molecule has 1 heterocycles. The normalized spacial score (nSPS) is 11.7. The molecule has 0 saturated carbocycles. The molecule has 3 heteroatoms. The third-order valence-corrected chi connectivity index (χ3v) is 1.79. The number of nitrogens with zero attached hydrogens (tertiary/aromatic N) is 2. The molecule has 0 aliphatic carbocycles. The van der Waals surface area contributed by atoms with Crippen LogP contribution < -0.4 is 0 Å². The average molecular weight is 166 g/mol. The van der Waals surface area contributed by atoms with E-state index < -0.39 is 0 Å². The maximum absolute atomic E-state index is 10.5. The van der Waals surface area contributed by atoms with Gasteiger partial charge in [0, 0.05) is 18.7 Å². The lowest BCUT2D eigenvalue weighted by Gasteiger charge is -2.13. The van der Waals surface area contributed by atoms with Crippen molar-refractivity contribution in [1.29, 1.82) is 0 Å². The van der Waals surface area contributed by atoms with Crippen LogP contribution in [-0.2, 0) is 12.5 Å². The van der Waals surface area contributed by atoms with Crippen molar-refractivity contribution in [2.75, 3.05) is 0 Å². The summed E-state index contributed by atoms with van der Waals surface area (Å²) in [5.74, 6) is 0.486. The first-order valence-corrected chi connectivity index (χ1v) is 3.94. The summed E-state index contributed by atoms with van der Waals surface area (Å²) in [6, 6.07) is 0. The molecule has 0 spiro atoms. The van der Waals surface area contributed by atoms with E-state index in [4.69, 9.17) is 0 Å². The highest BCUT2D eigenvalue weighted by molar-refractivity contribution is 5.69. The molecule has 0 bridgehead atoms. The van der Waals surface area contributed by atoms with Gasteiger partial charge in [0.05, 0.1) is 5.69 Å². The van der Waals surface area contributed by atoms with Gasteiger partial charge in [0.15, 0.2) is 12.1 Å². The van der Waals surface area contributed by atoms with Gasteiger partial charge in [-0.05, 0) is 0 Å². The first-order chi connectivity index (χ1) is 5.45. The highest BCUT2D eigenvalue weighted by atomic mass is 16.1. The number of aldehydes is 1. The highest BCUT2D eigenvalue weighted by Crippen LogP contribution is 2.20. The van der Waals surface area contributed by atoms with Crippen molar-refractivity contribution in [3.63, 3.8) is 0 Å². The lowest BCUT2D eigenvalue weighted by atomic mass is 9.93. The van der Waals surface area contributed by atoms with Crippen molar-refractivity contribution in [1.82, 2.24) is 9.55 Å². The van der Waals surface area contributed by atoms with Gasteiger partial charge in [0.2, 0.25) is 0 Å². The molecule has 0 atom stereocenters. The van der Waals surface area contributed by atoms with Gasteiger partial charge in [-0.25, -0.2) is 4.98 Å². The van der Waals surface area contributed by atoms with Crippen molar-refractivity contribution >= 4 is 6.29 Å². The Balaban J connectivity index is 3.13. The van der Waals surface area contributed by atoms with Gasteiger partial charge in [-0.1, -0.05) is 20.8 Å². The molecule has 0 fully saturated rings. The van der Waals surface area contributed by atoms with E-state index in [-0.39, 0.29) is 5.41 Å². The molecular weight excluding hydrogens is 152 g/mol. The Morgan fingerprint density at radius 2 is 2.08 bits per heavy atom. The zero-order valence-electron chi connectivity index (χ0n) is 7.96. The number of imidazole rings is 1. The molecule has 0 aliphatic heterocycles. The predicted octanol–water partition coefficient (Wildman–Crippen LogP) is 1.53. The summed E-state index contributed by atoms with van der Waals surface area (Å²) in [4.78, 5) is 14.7. The fourth-order valence-electron chi connectivity index (χ4n) is 0.952. The molecule has 0 unspecified atom stereocenters. The van der Waals surface area contributed by atoms with Crippen LogP contribution in [0.5, 0.6) is 0 Å². The van der Waals surface area contributed by atoms with E-state index in [1.807, 2.05) is 13.2 Å². The van der Waals surface area contributed by atoms with Gasteiger partial charge < -0.3 is 4.57 Å². The summed E-state index contributed by atoms with van der Waals surface area (Å²) in [5, 5.41) is 0. The average Bonchev–Trinajstić information content (AvgIpc) is 2.29. The number of rotatable bonds is 1. The molecule has 1 aromatic rings. The van der Waals surface area contributed by atoms with Gasteiger partial charge >= 0.3 is 0 Å². The first-order valence-electron chi connectivity index (χ1n) is 3.94. The fraction of sp³-hybridized carbons (Fsp3) is 0.556.